The first-order valence-electron chi connectivity index (χ1n) is 12.6. The number of rotatable bonds is 7. The Morgan fingerprint density at radius 1 is 1.06 bits per heavy atom. The molecule has 0 bridgehead atoms. The summed E-state index contributed by atoms with van der Waals surface area (Å²) in [5.41, 5.74) is 12.4. The first-order valence-corrected chi connectivity index (χ1v) is 13.4. The molecule has 0 radical (unpaired) electrons. The minimum Gasteiger partial charge on any atom is -0.492 e. The summed E-state index contributed by atoms with van der Waals surface area (Å²) in [5, 5.41) is 0.575. The average Bonchev–Trinajstić information content (AvgIpc) is 3.57. The zero-order valence-corrected chi connectivity index (χ0v) is 20.9. The van der Waals surface area contributed by atoms with Crippen LogP contribution in [0.3, 0.4) is 0 Å². The van der Waals surface area contributed by atoms with Crippen molar-refractivity contribution in [2.24, 2.45) is 10.9 Å². The Morgan fingerprint density at radius 2 is 1.89 bits per heavy atom. The highest BCUT2D eigenvalue weighted by molar-refractivity contribution is 7.19. The SMILES string of the molecule is Cc1cccc(-c2sc(N)nc2C2=CC(c3ccc(OCCN4CCCCC4)cc3)=NC3CC23)n1. The number of ether oxygens (including phenoxy) is 1. The molecule has 3 aliphatic rings. The largest absolute Gasteiger partial charge is 0.492 e. The summed E-state index contributed by atoms with van der Waals surface area (Å²) in [5.74, 6) is 1.33. The molecule has 3 aromatic rings. The summed E-state index contributed by atoms with van der Waals surface area (Å²) < 4.78 is 6.02. The van der Waals surface area contributed by atoms with E-state index in [0.29, 0.717) is 17.1 Å². The number of aromatic nitrogens is 2. The number of aryl methyl sites for hydroxylation is 1. The van der Waals surface area contributed by atoms with Crippen LogP contribution in [0.4, 0.5) is 5.13 Å². The van der Waals surface area contributed by atoms with Gasteiger partial charge in [0.25, 0.3) is 0 Å². The lowest BCUT2D eigenvalue weighted by atomic mass is 9.98. The zero-order valence-electron chi connectivity index (χ0n) is 20.1. The Hall–Kier alpha value is -3.03. The van der Waals surface area contributed by atoms with E-state index in [1.165, 1.54) is 49.3 Å². The van der Waals surface area contributed by atoms with Crippen LogP contribution >= 0.6 is 11.3 Å². The fourth-order valence-electron chi connectivity index (χ4n) is 5.10. The van der Waals surface area contributed by atoms with Crippen LogP contribution in [-0.4, -0.2) is 52.9 Å². The molecule has 1 aromatic carbocycles. The zero-order chi connectivity index (χ0) is 23.8. The fraction of sp³-hybridized carbons (Fsp3) is 0.393. The van der Waals surface area contributed by atoms with Crippen LogP contribution in [-0.2, 0) is 0 Å². The highest BCUT2D eigenvalue weighted by Crippen LogP contribution is 2.50. The highest BCUT2D eigenvalue weighted by Gasteiger charge is 2.44. The van der Waals surface area contributed by atoms with E-state index in [-0.39, 0.29) is 0 Å². The molecule has 6 nitrogen and oxygen atoms in total. The van der Waals surface area contributed by atoms with E-state index < -0.39 is 0 Å². The van der Waals surface area contributed by atoms with Crippen LogP contribution in [0.15, 0.2) is 53.5 Å². The van der Waals surface area contributed by atoms with Gasteiger partial charge in [0.05, 0.1) is 28.0 Å². The van der Waals surface area contributed by atoms with Crippen molar-refractivity contribution in [3.63, 3.8) is 0 Å². The van der Waals surface area contributed by atoms with Crippen LogP contribution in [0.5, 0.6) is 5.75 Å². The molecular formula is C28H31N5OS. The quantitative estimate of drug-likeness (QED) is 0.496. The minimum atomic E-state index is 0.326. The second-order valence-electron chi connectivity index (χ2n) is 9.69. The number of fused-ring (bicyclic) bond motifs is 1. The molecule has 2 atom stereocenters. The number of thiazole rings is 1. The Balaban J connectivity index is 1.20. The van der Waals surface area contributed by atoms with Gasteiger partial charge < -0.3 is 10.5 Å². The molecule has 2 fully saturated rings. The second-order valence-corrected chi connectivity index (χ2v) is 10.7. The van der Waals surface area contributed by atoms with E-state index in [1.807, 2.05) is 25.1 Å². The number of hydrogen-bond acceptors (Lipinski definition) is 7. The normalized spacial score (nSPS) is 21.7. The monoisotopic (exact) mass is 485 g/mol. The van der Waals surface area contributed by atoms with Crippen molar-refractivity contribution in [2.75, 3.05) is 32.0 Å². The van der Waals surface area contributed by atoms with Crippen molar-refractivity contribution in [1.82, 2.24) is 14.9 Å². The first-order chi connectivity index (χ1) is 17.1. The molecule has 1 saturated carbocycles. The number of anilines is 1. The standard InChI is InChI=1S/C28H31N5OS/c1-18-6-5-7-23(30-18)27-26(32-28(29)35-27)22-17-24(31-25-16-21(22)25)19-8-10-20(11-9-19)34-15-14-33-12-3-2-4-13-33/h5-11,17,21,25H,2-4,12-16H2,1H3,(H2,29,32). The van der Waals surface area contributed by atoms with Crippen molar-refractivity contribution in [3.05, 3.63) is 65.5 Å². The minimum absolute atomic E-state index is 0.326. The number of aliphatic imine (C=N–C) groups is 1. The molecule has 35 heavy (non-hydrogen) atoms. The third kappa shape index (κ3) is 4.88. The van der Waals surface area contributed by atoms with Gasteiger partial charge >= 0.3 is 0 Å². The van der Waals surface area contributed by atoms with E-state index in [0.717, 1.165) is 58.6 Å². The lowest BCUT2D eigenvalue weighted by molar-refractivity contribution is 0.183. The molecular weight excluding hydrogens is 454 g/mol. The lowest BCUT2D eigenvalue weighted by Crippen LogP contribution is -2.33. The van der Waals surface area contributed by atoms with Crippen LogP contribution in [0.1, 0.15) is 42.6 Å². The summed E-state index contributed by atoms with van der Waals surface area (Å²) in [6.07, 6.45) is 7.25. The van der Waals surface area contributed by atoms with Gasteiger partial charge in [0.2, 0.25) is 0 Å². The van der Waals surface area contributed by atoms with E-state index in [9.17, 15) is 0 Å². The molecule has 2 N–H and O–H groups in total. The predicted molar refractivity (Wildman–Crippen MR) is 143 cm³/mol. The molecule has 180 valence electrons. The molecule has 4 heterocycles. The van der Waals surface area contributed by atoms with Crippen molar-refractivity contribution >= 4 is 27.8 Å². The Kier molecular flexibility index (Phi) is 6.12. The van der Waals surface area contributed by atoms with Gasteiger partial charge in [0.1, 0.15) is 12.4 Å². The summed E-state index contributed by atoms with van der Waals surface area (Å²) in [4.78, 5) is 18.0. The van der Waals surface area contributed by atoms with Gasteiger partial charge in [0, 0.05) is 18.2 Å². The highest BCUT2D eigenvalue weighted by atomic mass is 32.1. The van der Waals surface area contributed by atoms with Crippen molar-refractivity contribution in [1.29, 1.82) is 0 Å². The summed E-state index contributed by atoms with van der Waals surface area (Å²) in [6.45, 7) is 6.14. The summed E-state index contributed by atoms with van der Waals surface area (Å²) in [7, 11) is 0. The summed E-state index contributed by atoms with van der Waals surface area (Å²) in [6, 6.07) is 14.8. The number of nitrogen functional groups attached to an aromatic ring is 1. The topological polar surface area (TPSA) is 76.6 Å². The third-order valence-corrected chi connectivity index (χ3v) is 7.97. The molecule has 6 rings (SSSR count). The van der Waals surface area contributed by atoms with Crippen LogP contribution in [0.25, 0.3) is 16.1 Å². The third-order valence-electron chi connectivity index (χ3n) is 7.07. The number of benzene rings is 1. The first kappa shape index (κ1) is 22.4. The Labute approximate surface area is 210 Å². The van der Waals surface area contributed by atoms with E-state index in [1.54, 1.807) is 0 Å². The number of pyridine rings is 1. The fourth-order valence-corrected chi connectivity index (χ4v) is 5.93. The smallest absolute Gasteiger partial charge is 0.181 e. The molecule has 2 unspecified atom stereocenters. The molecule has 2 aromatic heterocycles. The molecule has 7 heteroatoms. The number of dihydropyridines is 1. The number of nitrogens with zero attached hydrogens (tertiary/aromatic N) is 4. The van der Waals surface area contributed by atoms with Gasteiger partial charge in [-0.1, -0.05) is 23.8 Å². The Morgan fingerprint density at radius 3 is 2.69 bits per heavy atom. The van der Waals surface area contributed by atoms with Crippen LogP contribution in [0, 0.1) is 12.8 Å². The molecule has 1 saturated heterocycles. The molecule has 1 aliphatic carbocycles. The maximum absolute atomic E-state index is 6.18. The molecule has 2 aliphatic heterocycles. The number of piperidine rings is 1. The van der Waals surface area contributed by atoms with Gasteiger partial charge in [-0.2, -0.15) is 0 Å². The van der Waals surface area contributed by atoms with Gasteiger partial charge in [0.15, 0.2) is 5.13 Å². The van der Waals surface area contributed by atoms with Crippen molar-refractivity contribution in [2.45, 2.75) is 38.6 Å². The Bertz CT molecular complexity index is 1270. The number of nitrogens with two attached hydrogens (primary N) is 1. The van der Waals surface area contributed by atoms with Crippen LogP contribution < -0.4 is 10.5 Å². The van der Waals surface area contributed by atoms with Crippen LogP contribution in [0.2, 0.25) is 0 Å². The van der Waals surface area contributed by atoms with Gasteiger partial charge in [-0.3, -0.25) is 14.9 Å². The van der Waals surface area contributed by atoms with Gasteiger partial charge in [-0.15, -0.1) is 0 Å². The van der Waals surface area contributed by atoms with E-state index in [4.69, 9.17) is 25.4 Å². The van der Waals surface area contributed by atoms with Crippen molar-refractivity contribution in [3.8, 4) is 16.3 Å². The maximum atomic E-state index is 6.18. The lowest BCUT2D eigenvalue weighted by Gasteiger charge is -2.26. The summed E-state index contributed by atoms with van der Waals surface area (Å²) >= 11 is 1.51. The molecule has 0 spiro atoms. The van der Waals surface area contributed by atoms with Gasteiger partial charge in [-0.25, -0.2) is 4.98 Å². The molecule has 0 amide bonds. The average molecular weight is 486 g/mol. The number of likely N-dealkylation sites (tertiary alicyclic amines) is 1. The van der Waals surface area contributed by atoms with Crippen molar-refractivity contribution < 1.29 is 4.74 Å². The van der Waals surface area contributed by atoms with E-state index >= 15 is 0 Å². The predicted octanol–water partition coefficient (Wildman–Crippen LogP) is 5.24. The number of hydrogen-bond donors (Lipinski definition) is 1. The van der Waals surface area contributed by atoms with Gasteiger partial charge in [-0.05, 0) is 92.9 Å². The second kappa shape index (κ2) is 9.55. The number of allylic oxidation sites excluding steroid dienone is 1. The van der Waals surface area contributed by atoms with E-state index in [2.05, 4.69) is 35.2 Å². The maximum Gasteiger partial charge on any atom is 0.181 e.